The maximum Gasteiger partial charge on any atom is 0.339 e. The number of hydrogen-bond acceptors (Lipinski definition) is 4. The highest BCUT2D eigenvalue weighted by Crippen LogP contribution is 2.23. The molecule has 0 N–H and O–H groups in total. The zero-order chi connectivity index (χ0) is 12.3. The minimum Gasteiger partial charge on any atom is -0.462 e. The minimum atomic E-state index is -0.305. The Hall–Kier alpha value is -1.58. The van der Waals surface area contributed by atoms with Crippen LogP contribution in [0.3, 0.4) is 0 Å². The molecule has 0 aromatic carbocycles. The van der Waals surface area contributed by atoms with Crippen molar-refractivity contribution in [2.24, 2.45) is 0 Å². The summed E-state index contributed by atoms with van der Waals surface area (Å²) in [5, 5.41) is 0. The van der Waals surface area contributed by atoms with Crippen LogP contribution in [0.4, 0.5) is 5.82 Å². The predicted octanol–water partition coefficient (Wildman–Crippen LogP) is 2.25. The third-order valence-corrected chi connectivity index (χ3v) is 3.11. The van der Waals surface area contributed by atoms with Gasteiger partial charge in [-0.25, -0.2) is 9.78 Å². The standard InChI is InChI=1S/C13H18N2O2/c1-3-17-13(16)11-6-7-12(14-9-11)15-8-4-5-10(15)2/h6-7,9-10H,3-5,8H2,1-2H3. The average Bonchev–Trinajstić information content (AvgIpc) is 2.76. The highest BCUT2D eigenvalue weighted by molar-refractivity contribution is 5.89. The first kappa shape index (κ1) is 11.9. The van der Waals surface area contributed by atoms with E-state index >= 15 is 0 Å². The van der Waals surface area contributed by atoms with Crippen molar-refractivity contribution in [3.63, 3.8) is 0 Å². The molecule has 1 aliphatic heterocycles. The van der Waals surface area contributed by atoms with E-state index in [-0.39, 0.29) is 5.97 Å². The van der Waals surface area contributed by atoms with Crippen LogP contribution in [-0.2, 0) is 4.74 Å². The van der Waals surface area contributed by atoms with Crippen molar-refractivity contribution in [1.82, 2.24) is 4.98 Å². The van der Waals surface area contributed by atoms with Crippen LogP contribution in [0.15, 0.2) is 18.3 Å². The third-order valence-electron chi connectivity index (χ3n) is 3.11. The Bertz CT molecular complexity index is 389. The van der Waals surface area contributed by atoms with Crippen LogP contribution in [0.1, 0.15) is 37.0 Å². The molecule has 2 heterocycles. The molecule has 1 saturated heterocycles. The van der Waals surface area contributed by atoms with Gasteiger partial charge in [-0.05, 0) is 38.8 Å². The summed E-state index contributed by atoms with van der Waals surface area (Å²) in [7, 11) is 0. The van der Waals surface area contributed by atoms with Crippen molar-refractivity contribution >= 4 is 11.8 Å². The van der Waals surface area contributed by atoms with Gasteiger partial charge in [-0.1, -0.05) is 0 Å². The normalized spacial score (nSPS) is 19.4. The second kappa shape index (κ2) is 5.17. The summed E-state index contributed by atoms with van der Waals surface area (Å²) in [6.45, 7) is 5.44. The number of rotatable bonds is 3. The van der Waals surface area contributed by atoms with Gasteiger partial charge in [0.1, 0.15) is 5.82 Å². The Balaban J connectivity index is 2.10. The maximum absolute atomic E-state index is 11.5. The molecule has 4 nitrogen and oxygen atoms in total. The lowest BCUT2D eigenvalue weighted by atomic mass is 10.2. The highest BCUT2D eigenvalue weighted by Gasteiger charge is 2.21. The van der Waals surface area contributed by atoms with Crippen molar-refractivity contribution in [3.8, 4) is 0 Å². The number of pyridine rings is 1. The molecule has 0 aliphatic carbocycles. The van der Waals surface area contributed by atoms with Crippen LogP contribution in [0.2, 0.25) is 0 Å². The fourth-order valence-electron chi connectivity index (χ4n) is 2.16. The van der Waals surface area contributed by atoms with Crippen molar-refractivity contribution < 1.29 is 9.53 Å². The molecule has 4 heteroatoms. The molecule has 2 rings (SSSR count). The predicted molar refractivity (Wildman–Crippen MR) is 66.2 cm³/mol. The summed E-state index contributed by atoms with van der Waals surface area (Å²) in [5.74, 6) is 0.643. The second-order valence-corrected chi connectivity index (χ2v) is 4.31. The highest BCUT2D eigenvalue weighted by atomic mass is 16.5. The van der Waals surface area contributed by atoms with Gasteiger partial charge >= 0.3 is 5.97 Å². The topological polar surface area (TPSA) is 42.4 Å². The van der Waals surface area contributed by atoms with E-state index in [2.05, 4.69) is 16.8 Å². The SMILES string of the molecule is CCOC(=O)c1ccc(N2CCCC2C)nc1. The molecule has 1 unspecified atom stereocenters. The first-order valence-corrected chi connectivity index (χ1v) is 6.12. The number of nitrogens with zero attached hydrogens (tertiary/aromatic N) is 2. The third kappa shape index (κ3) is 2.57. The lowest BCUT2D eigenvalue weighted by Crippen LogP contribution is -2.27. The van der Waals surface area contributed by atoms with Crippen molar-refractivity contribution in [3.05, 3.63) is 23.9 Å². The summed E-state index contributed by atoms with van der Waals surface area (Å²) in [6, 6.07) is 4.22. The Morgan fingerprint density at radius 3 is 2.94 bits per heavy atom. The summed E-state index contributed by atoms with van der Waals surface area (Å²) >= 11 is 0. The number of carbonyl (C=O) groups excluding carboxylic acids is 1. The van der Waals surface area contributed by atoms with Crippen LogP contribution in [-0.4, -0.2) is 30.1 Å². The first-order valence-electron chi connectivity index (χ1n) is 6.12. The number of ether oxygens (including phenoxy) is 1. The monoisotopic (exact) mass is 234 g/mol. The van der Waals surface area contributed by atoms with E-state index < -0.39 is 0 Å². The lowest BCUT2D eigenvalue weighted by Gasteiger charge is -2.22. The smallest absolute Gasteiger partial charge is 0.339 e. The zero-order valence-electron chi connectivity index (χ0n) is 10.3. The molecule has 92 valence electrons. The number of anilines is 1. The molecule has 0 saturated carbocycles. The first-order chi connectivity index (χ1) is 8.22. The van der Waals surface area contributed by atoms with E-state index in [4.69, 9.17) is 4.74 Å². The summed E-state index contributed by atoms with van der Waals surface area (Å²) in [4.78, 5) is 18.1. The van der Waals surface area contributed by atoms with Crippen LogP contribution < -0.4 is 4.90 Å². The number of carbonyl (C=O) groups is 1. The Labute approximate surface area is 102 Å². The second-order valence-electron chi connectivity index (χ2n) is 4.31. The number of hydrogen-bond donors (Lipinski definition) is 0. The van der Waals surface area contributed by atoms with Crippen LogP contribution in [0.25, 0.3) is 0 Å². The van der Waals surface area contributed by atoms with Gasteiger partial charge < -0.3 is 9.64 Å². The van der Waals surface area contributed by atoms with Gasteiger partial charge in [0.25, 0.3) is 0 Å². The van der Waals surface area contributed by atoms with E-state index in [1.807, 2.05) is 6.07 Å². The van der Waals surface area contributed by atoms with Gasteiger partial charge in [0.15, 0.2) is 0 Å². The van der Waals surface area contributed by atoms with Crippen LogP contribution in [0, 0.1) is 0 Å². The van der Waals surface area contributed by atoms with Crippen LogP contribution >= 0.6 is 0 Å². The average molecular weight is 234 g/mol. The molecule has 0 radical (unpaired) electrons. The molecule has 17 heavy (non-hydrogen) atoms. The van der Waals surface area contributed by atoms with Gasteiger partial charge in [0.05, 0.1) is 12.2 Å². The molecule has 1 aromatic heterocycles. The van der Waals surface area contributed by atoms with Gasteiger partial charge in [-0.3, -0.25) is 0 Å². The number of esters is 1. The van der Waals surface area contributed by atoms with E-state index in [1.165, 1.54) is 12.8 Å². The Morgan fingerprint density at radius 1 is 1.59 bits per heavy atom. The summed E-state index contributed by atoms with van der Waals surface area (Å²) in [6.07, 6.45) is 4.02. The van der Waals surface area contributed by atoms with Gasteiger partial charge in [0.2, 0.25) is 0 Å². The van der Waals surface area contributed by atoms with E-state index in [0.717, 1.165) is 12.4 Å². The molecule has 0 amide bonds. The van der Waals surface area contributed by atoms with E-state index in [0.29, 0.717) is 18.2 Å². The summed E-state index contributed by atoms with van der Waals surface area (Å²) < 4.78 is 4.92. The molecule has 1 fully saturated rings. The quantitative estimate of drug-likeness (QED) is 0.752. The van der Waals surface area contributed by atoms with E-state index in [1.54, 1.807) is 19.2 Å². The Kier molecular flexibility index (Phi) is 3.61. The molecule has 0 bridgehead atoms. The molecule has 1 aliphatic rings. The van der Waals surface area contributed by atoms with Crippen molar-refractivity contribution in [1.29, 1.82) is 0 Å². The fraction of sp³-hybridized carbons (Fsp3) is 0.538. The zero-order valence-corrected chi connectivity index (χ0v) is 10.3. The minimum absolute atomic E-state index is 0.305. The Morgan fingerprint density at radius 2 is 2.41 bits per heavy atom. The fourth-order valence-corrected chi connectivity index (χ4v) is 2.16. The van der Waals surface area contributed by atoms with Gasteiger partial charge in [-0.15, -0.1) is 0 Å². The largest absolute Gasteiger partial charge is 0.462 e. The van der Waals surface area contributed by atoms with Crippen molar-refractivity contribution in [2.45, 2.75) is 32.7 Å². The van der Waals surface area contributed by atoms with Gasteiger partial charge in [0, 0.05) is 18.8 Å². The number of aromatic nitrogens is 1. The molecule has 1 aromatic rings. The lowest BCUT2D eigenvalue weighted by molar-refractivity contribution is 0.0526. The molecular formula is C13H18N2O2. The molecular weight excluding hydrogens is 216 g/mol. The van der Waals surface area contributed by atoms with Gasteiger partial charge in [-0.2, -0.15) is 0 Å². The van der Waals surface area contributed by atoms with Crippen molar-refractivity contribution in [2.75, 3.05) is 18.1 Å². The van der Waals surface area contributed by atoms with E-state index in [9.17, 15) is 4.79 Å². The molecule has 1 atom stereocenters. The maximum atomic E-state index is 11.5. The summed E-state index contributed by atoms with van der Waals surface area (Å²) in [5.41, 5.74) is 0.516. The molecule has 0 spiro atoms. The van der Waals surface area contributed by atoms with Crippen LogP contribution in [0.5, 0.6) is 0 Å².